The van der Waals surface area contributed by atoms with Gasteiger partial charge in [-0.3, -0.25) is 4.99 Å². The Kier molecular flexibility index (Phi) is 14.7. The molecule has 54 heavy (non-hydrogen) atoms. The van der Waals surface area contributed by atoms with Crippen molar-refractivity contribution in [2.45, 2.75) is 34.1 Å². The number of allylic oxidation sites excluding steroid dienone is 1. The van der Waals surface area contributed by atoms with Crippen molar-refractivity contribution < 1.29 is 0 Å². The lowest BCUT2D eigenvalue weighted by Crippen LogP contribution is -2.08. The SMILES string of the molecule is C=N/C(=C\Cc1ccc2sc3ccccc3c2c1-c1ccc(N(C)c2ccccc2)cc1)c1ccccc1.CC.Cc1ccccc1.Cc1ccccc1. The molecule has 1 aromatic heterocycles. The summed E-state index contributed by atoms with van der Waals surface area (Å²) in [5, 5.41) is 2.64. The molecule has 0 fully saturated rings. The van der Waals surface area contributed by atoms with Gasteiger partial charge in [0.2, 0.25) is 0 Å². The summed E-state index contributed by atoms with van der Waals surface area (Å²) < 4.78 is 2.62. The third kappa shape index (κ3) is 10.3. The lowest BCUT2D eigenvalue weighted by molar-refractivity contribution is 1.21. The van der Waals surface area contributed by atoms with Gasteiger partial charge in [0.15, 0.2) is 0 Å². The van der Waals surface area contributed by atoms with Crippen molar-refractivity contribution in [1.29, 1.82) is 0 Å². The van der Waals surface area contributed by atoms with E-state index in [-0.39, 0.29) is 0 Å². The fourth-order valence-corrected chi connectivity index (χ4v) is 7.28. The van der Waals surface area contributed by atoms with Crippen LogP contribution in [0, 0.1) is 13.8 Å². The summed E-state index contributed by atoms with van der Waals surface area (Å²) in [7, 11) is 2.11. The standard InChI is InChI=1S/C35H28N2S.2C7H8.C2H6/c1-36-31(25-11-5-3-6-12-25)23-19-27-20-24-33-35(30-15-9-10-16-32(30)38-33)34(27)26-17-21-29(22-18-26)37(2)28-13-7-4-8-14-28;2*1-7-5-3-2-4-6-7;1-2/h3-18,20-24H,1,19H2,2H3;2*2-6H,1H3;1-2H3/b31-23-;;;. The first-order valence-corrected chi connectivity index (χ1v) is 19.4. The number of aryl methyl sites for hydroxylation is 2. The Morgan fingerprint density at radius 2 is 1.07 bits per heavy atom. The lowest BCUT2D eigenvalue weighted by atomic mass is 9.92. The number of fused-ring (bicyclic) bond motifs is 3. The van der Waals surface area contributed by atoms with Gasteiger partial charge in [-0.25, -0.2) is 0 Å². The van der Waals surface area contributed by atoms with Crippen molar-refractivity contribution in [3.8, 4) is 11.1 Å². The summed E-state index contributed by atoms with van der Waals surface area (Å²) in [4.78, 5) is 6.56. The average Bonchev–Trinajstić information content (AvgIpc) is 3.62. The number of anilines is 2. The zero-order chi connectivity index (χ0) is 38.1. The molecule has 0 aliphatic heterocycles. The van der Waals surface area contributed by atoms with Gasteiger partial charge in [-0.1, -0.05) is 177 Å². The van der Waals surface area contributed by atoms with E-state index in [1.165, 1.54) is 53.7 Å². The van der Waals surface area contributed by atoms with Crippen LogP contribution in [-0.2, 0) is 6.42 Å². The van der Waals surface area contributed by atoms with Gasteiger partial charge in [0.05, 0.1) is 5.70 Å². The Balaban J connectivity index is 0.000000290. The number of benzene rings is 7. The van der Waals surface area contributed by atoms with E-state index in [0.29, 0.717) is 0 Å². The molecule has 0 N–H and O–H groups in total. The Hall–Kier alpha value is -6.03. The van der Waals surface area contributed by atoms with Crippen LogP contribution in [0.5, 0.6) is 0 Å². The molecule has 0 saturated heterocycles. The highest BCUT2D eigenvalue weighted by atomic mass is 32.1. The number of nitrogens with zero attached hydrogens (tertiary/aromatic N) is 2. The van der Waals surface area contributed by atoms with Crippen molar-refractivity contribution >= 4 is 55.3 Å². The Morgan fingerprint density at radius 3 is 1.61 bits per heavy atom. The number of rotatable bonds is 7. The first-order chi connectivity index (χ1) is 26.5. The Labute approximate surface area is 326 Å². The third-order valence-corrected chi connectivity index (χ3v) is 10.1. The van der Waals surface area contributed by atoms with Gasteiger partial charge in [-0.15, -0.1) is 11.3 Å². The van der Waals surface area contributed by atoms with Crippen LogP contribution in [0.1, 0.15) is 36.1 Å². The van der Waals surface area contributed by atoms with Crippen LogP contribution in [0.3, 0.4) is 0 Å². The molecule has 0 amide bonds. The molecule has 0 aliphatic carbocycles. The van der Waals surface area contributed by atoms with Crippen molar-refractivity contribution in [3.63, 3.8) is 0 Å². The Morgan fingerprint density at radius 1 is 0.574 bits per heavy atom. The zero-order valence-corrected chi connectivity index (χ0v) is 32.9. The predicted octanol–water partition coefficient (Wildman–Crippen LogP) is 14.8. The minimum Gasteiger partial charge on any atom is -0.345 e. The molecule has 3 heteroatoms. The first-order valence-electron chi connectivity index (χ1n) is 18.6. The topological polar surface area (TPSA) is 15.6 Å². The van der Waals surface area contributed by atoms with Crippen molar-refractivity contribution in [2.24, 2.45) is 4.99 Å². The molecule has 1 heterocycles. The van der Waals surface area contributed by atoms with Crippen LogP contribution in [0.25, 0.3) is 37.0 Å². The maximum absolute atomic E-state index is 4.35. The molecule has 0 bridgehead atoms. The molecule has 0 atom stereocenters. The van der Waals surface area contributed by atoms with Gasteiger partial charge in [-0.05, 0) is 85.6 Å². The minimum absolute atomic E-state index is 0.768. The van der Waals surface area contributed by atoms with E-state index in [1.54, 1.807) is 0 Å². The second-order valence-electron chi connectivity index (χ2n) is 12.6. The zero-order valence-electron chi connectivity index (χ0n) is 32.1. The summed E-state index contributed by atoms with van der Waals surface area (Å²) in [6.07, 6.45) is 2.96. The van der Waals surface area contributed by atoms with Crippen LogP contribution >= 0.6 is 11.3 Å². The quantitative estimate of drug-likeness (QED) is 0.150. The van der Waals surface area contributed by atoms with E-state index in [1.807, 2.05) is 85.8 Å². The van der Waals surface area contributed by atoms with E-state index in [4.69, 9.17) is 0 Å². The van der Waals surface area contributed by atoms with Crippen molar-refractivity contribution in [1.82, 2.24) is 0 Å². The highest BCUT2D eigenvalue weighted by molar-refractivity contribution is 7.25. The largest absolute Gasteiger partial charge is 0.345 e. The lowest BCUT2D eigenvalue weighted by Gasteiger charge is -2.20. The van der Waals surface area contributed by atoms with E-state index in [2.05, 4.69) is 165 Å². The van der Waals surface area contributed by atoms with E-state index in [9.17, 15) is 0 Å². The molecule has 0 radical (unpaired) electrons. The number of para-hydroxylation sites is 1. The molecule has 8 aromatic rings. The summed E-state index contributed by atoms with van der Waals surface area (Å²) in [5.41, 5.74) is 10.8. The maximum atomic E-state index is 4.35. The summed E-state index contributed by atoms with van der Waals surface area (Å²) >= 11 is 1.86. The second kappa shape index (κ2) is 20.3. The molecule has 7 aromatic carbocycles. The van der Waals surface area contributed by atoms with Gasteiger partial charge >= 0.3 is 0 Å². The van der Waals surface area contributed by atoms with Gasteiger partial charge in [0.25, 0.3) is 0 Å². The molecule has 0 spiro atoms. The molecule has 0 saturated carbocycles. The molecule has 270 valence electrons. The smallest absolute Gasteiger partial charge is 0.0658 e. The Bertz CT molecular complexity index is 2310. The monoisotopic (exact) mass is 722 g/mol. The van der Waals surface area contributed by atoms with E-state index in [0.717, 1.165) is 23.4 Å². The molecule has 0 aliphatic rings. The van der Waals surface area contributed by atoms with Crippen molar-refractivity contribution in [3.05, 3.63) is 210 Å². The molecule has 8 rings (SSSR count). The summed E-state index contributed by atoms with van der Waals surface area (Å²) in [6.45, 7) is 12.0. The van der Waals surface area contributed by atoms with Crippen LogP contribution in [0.4, 0.5) is 11.4 Å². The third-order valence-electron chi connectivity index (χ3n) is 8.95. The molecular weight excluding hydrogens is 673 g/mol. The fraction of sp³-hybridized carbons (Fsp3) is 0.118. The number of thiophene rings is 1. The summed E-state index contributed by atoms with van der Waals surface area (Å²) in [5.74, 6) is 0. The minimum atomic E-state index is 0.768. The maximum Gasteiger partial charge on any atom is 0.0658 e. The molecule has 2 nitrogen and oxygen atoms in total. The summed E-state index contributed by atoms with van der Waals surface area (Å²) in [6, 6.07) is 63.5. The predicted molar refractivity (Wildman–Crippen MR) is 241 cm³/mol. The fourth-order valence-electron chi connectivity index (χ4n) is 6.17. The van der Waals surface area contributed by atoms with E-state index < -0.39 is 0 Å². The van der Waals surface area contributed by atoms with E-state index >= 15 is 0 Å². The highest BCUT2D eigenvalue weighted by Gasteiger charge is 2.16. The van der Waals surface area contributed by atoms with Crippen LogP contribution < -0.4 is 4.90 Å². The van der Waals surface area contributed by atoms with Gasteiger partial charge in [-0.2, -0.15) is 0 Å². The number of aliphatic imine (C=N–C) groups is 1. The van der Waals surface area contributed by atoms with Crippen LogP contribution in [0.2, 0.25) is 0 Å². The van der Waals surface area contributed by atoms with Gasteiger partial charge in [0.1, 0.15) is 0 Å². The van der Waals surface area contributed by atoms with Gasteiger partial charge in [0, 0.05) is 38.6 Å². The normalized spacial score (nSPS) is 10.6. The van der Waals surface area contributed by atoms with Crippen molar-refractivity contribution in [2.75, 3.05) is 11.9 Å². The molecule has 0 unspecified atom stereocenters. The highest BCUT2D eigenvalue weighted by Crippen LogP contribution is 2.42. The first kappa shape index (κ1) is 39.2. The van der Waals surface area contributed by atoms with Crippen LogP contribution in [-0.4, -0.2) is 13.8 Å². The average molecular weight is 723 g/mol. The number of hydrogen-bond acceptors (Lipinski definition) is 3. The van der Waals surface area contributed by atoms with Crippen LogP contribution in [0.15, 0.2) is 193 Å². The molecular formula is C51H50N2S. The number of hydrogen-bond donors (Lipinski definition) is 0. The second-order valence-corrected chi connectivity index (χ2v) is 13.7. The van der Waals surface area contributed by atoms with Gasteiger partial charge < -0.3 is 4.90 Å².